The fraction of sp³-hybridized carbons (Fsp3) is 0.400. The molecular formula is C20H17B4FN6O. The maximum atomic E-state index is 14.4. The Morgan fingerprint density at radius 3 is 2.81 bits per heavy atom. The standard InChI is InChI=1S/C20H17B4FN6O/c1-10-19(21,22)20(23,24)16-12(7-11(25)8-26-16)14-3-2-5-30(14)15-4-6-31-17(29-15)13(9-27-31)18(32)28-10/h4,6-10,14H,2-3,5H2,1H3,(H,28,32)/t10?,14-/m0/s1. The van der Waals surface area contributed by atoms with Crippen molar-refractivity contribution in [1.82, 2.24) is 24.9 Å². The molecule has 2 aliphatic heterocycles. The van der Waals surface area contributed by atoms with Gasteiger partial charge in [-0.05, 0) is 37.5 Å². The second-order valence-electron chi connectivity index (χ2n) is 8.55. The summed E-state index contributed by atoms with van der Waals surface area (Å²) < 4.78 is 15.9. The number of amides is 1. The van der Waals surface area contributed by atoms with Crippen LogP contribution in [0.1, 0.15) is 47.4 Å². The molecule has 0 aliphatic carbocycles. The van der Waals surface area contributed by atoms with Crippen LogP contribution in [-0.4, -0.2) is 69.5 Å². The van der Waals surface area contributed by atoms with Gasteiger partial charge in [-0.3, -0.25) is 9.78 Å². The van der Waals surface area contributed by atoms with Crippen molar-refractivity contribution < 1.29 is 9.18 Å². The van der Waals surface area contributed by atoms with E-state index in [0.29, 0.717) is 30.0 Å². The Morgan fingerprint density at radius 2 is 2.03 bits per heavy atom. The Hall–Kier alpha value is -2.77. The van der Waals surface area contributed by atoms with Gasteiger partial charge in [0, 0.05) is 24.5 Å². The molecule has 1 N–H and O–H groups in total. The van der Waals surface area contributed by atoms with Gasteiger partial charge in [0.1, 0.15) is 17.2 Å². The molecule has 2 bridgehead atoms. The highest BCUT2D eigenvalue weighted by Gasteiger charge is 2.45. The Labute approximate surface area is 190 Å². The topological polar surface area (TPSA) is 75.4 Å². The lowest BCUT2D eigenvalue weighted by atomic mass is 9.27. The first kappa shape index (κ1) is 21.1. The smallest absolute Gasteiger partial charge is 0.256 e. The molecule has 3 aromatic rings. The van der Waals surface area contributed by atoms with Crippen LogP contribution >= 0.6 is 0 Å². The SMILES string of the molecule is [B]C1([B])c2ncc(F)cc2[C@@H]2CCCN2c2ccn3ncc(c3n2)C(=O)NC(C)C1([B])[B]. The molecule has 152 valence electrons. The molecule has 7 nitrogen and oxygen atoms in total. The van der Waals surface area contributed by atoms with E-state index in [1.807, 2.05) is 4.90 Å². The van der Waals surface area contributed by atoms with Gasteiger partial charge in [-0.25, -0.2) is 13.9 Å². The van der Waals surface area contributed by atoms with Crippen LogP contribution < -0.4 is 10.2 Å². The van der Waals surface area contributed by atoms with Crippen molar-refractivity contribution in [3.63, 3.8) is 0 Å². The number of pyridine rings is 1. The Morgan fingerprint density at radius 1 is 1.25 bits per heavy atom. The van der Waals surface area contributed by atoms with Gasteiger partial charge in [-0.2, -0.15) is 5.10 Å². The summed E-state index contributed by atoms with van der Waals surface area (Å²) >= 11 is 0. The monoisotopic (exact) mass is 420 g/mol. The number of fused-ring (bicyclic) bond motifs is 5. The Bertz CT molecular complexity index is 1230. The van der Waals surface area contributed by atoms with Gasteiger partial charge in [0.25, 0.3) is 5.91 Å². The Balaban J connectivity index is 1.79. The first-order valence-electron chi connectivity index (χ1n) is 10.3. The van der Waals surface area contributed by atoms with Crippen LogP contribution in [0.5, 0.6) is 0 Å². The van der Waals surface area contributed by atoms with Crippen LogP contribution in [0.25, 0.3) is 5.65 Å². The molecule has 1 fully saturated rings. The first-order valence-corrected chi connectivity index (χ1v) is 10.3. The van der Waals surface area contributed by atoms with E-state index in [-0.39, 0.29) is 17.3 Å². The summed E-state index contributed by atoms with van der Waals surface area (Å²) in [4.78, 5) is 24.0. The van der Waals surface area contributed by atoms with Gasteiger partial charge in [0.05, 0.1) is 49.8 Å². The number of aromatic nitrogens is 4. The number of hydrogen-bond donors (Lipinski definition) is 1. The summed E-state index contributed by atoms with van der Waals surface area (Å²) in [6.45, 7) is 2.26. The normalized spacial score (nSPS) is 24.2. The molecule has 3 aromatic heterocycles. The van der Waals surface area contributed by atoms with Crippen molar-refractivity contribution in [3.05, 3.63) is 53.4 Å². The number of halogens is 1. The number of carbonyl (C=O) groups is 1. The van der Waals surface area contributed by atoms with Crippen LogP contribution in [-0.2, 0) is 5.21 Å². The zero-order chi connectivity index (χ0) is 22.8. The number of nitrogens with zero attached hydrogens (tertiary/aromatic N) is 5. The molecule has 8 radical (unpaired) electrons. The lowest BCUT2D eigenvalue weighted by Crippen LogP contribution is -2.55. The highest BCUT2D eigenvalue weighted by atomic mass is 19.1. The van der Waals surface area contributed by atoms with Gasteiger partial charge >= 0.3 is 0 Å². The maximum absolute atomic E-state index is 14.4. The largest absolute Gasteiger partial charge is 0.350 e. The predicted molar refractivity (Wildman–Crippen MR) is 121 cm³/mol. The van der Waals surface area contributed by atoms with Gasteiger partial charge in [0.2, 0.25) is 0 Å². The van der Waals surface area contributed by atoms with Crippen LogP contribution in [0.3, 0.4) is 0 Å². The third-order valence-electron chi connectivity index (χ3n) is 6.56. The molecule has 32 heavy (non-hydrogen) atoms. The van der Waals surface area contributed by atoms with Crippen molar-refractivity contribution in [1.29, 1.82) is 0 Å². The molecule has 1 amide bonds. The summed E-state index contributed by atoms with van der Waals surface area (Å²) in [5, 5.41) is 3.23. The average molecular weight is 420 g/mol. The van der Waals surface area contributed by atoms with E-state index in [2.05, 4.69) is 15.4 Å². The minimum absolute atomic E-state index is 0.172. The second-order valence-corrected chi connectivity index (χ2v) is 8.55. The van der Waals surface area contributed by atoms with E-state index < -0.39 is 28.2 Å². The molecule has 5 heterocycles. The van der Waals surface area contributed by atoms with Crippen molar-refractivity contribution in [3.8, 4) is 0 Å². The summed E-state index contributed by atoms with van der Waals surface area (Å²) in [6, 6.07) is 1.96. The van der Waals surface area contributed by atoms with Gasteiger partial charge < -0.3 is 10.2 Å². The van der Waals surface area contributed by atoms with E-state index >= 15 is 0 Å². The molecule has 0 saturated carbocycles. The summed E-state index contributed by atoms with van der Waals surface area (Å²) in [5.74, 6) is -0.389. The van der Waals surface area contributed by atoms with Gasteiger partial charge in [0.15, 0.2) is 5.65 Å². The van der Waals surface area contributed by atoms with Crippen LogP contribution in [0.2, 0.25) is 5.21 Å². The van der Waals surface area contributed by atoms with E-state index in [4.69, 9.17) is 36.4 Å². The molecule has 1 saturated heterocycles. The minimum atomic E-state index is -1.90. The molecule has 1 unspecified atom stereocenters. The number of rotatable bonds is 0. The quantitative estimate of drug-likeness (QED) is 0.543. The van der Waals surface area contributed by atoms with E-state index in [1.54, 1.807) is 19.2 Å². The molecule has 5 rings (SSSR count). The van der Waals surface area contributed by atoms with Crippen molar-refractivity contribution in [2.45, 2.75) is 42.3 Å². The van der Waals surface area contributed by atoms with E-state index in [1.165, 1.54) is 16.8 Å². The highest BCUT2D eigenvalue weighted by molar-refractivity contribution is 6.54. The predicted octanol–water partition coefficient (Wildman–Crippen LogP) is 0.680. The maximum Gasteiger partial charge on any atom is 0.256 e. The summed E-state index contributed by atoms with van der Waals surface area (Å²) in [7, 11) is 25.9. The van der Waals surface area contributed by atoms with Crippen molar-refractivity contribution in [2.75, 3.05) is 11.4 Å². The van der Waals surface area contributed by atoms with Crippen LogP contribution in [0, 0.1) is 5.82 Å². The van der Waals surface area contributed by atoms with Crippen molar-refractivity contribution in [2.24, 2.45) is 0 Å². The van der Waals surface area contributed by atoms with E-state index in [9.17, 15) is 9.18 Å². The van der Waals surface area contributed by atoms with Gasteiger partial charge in [-0.15, -0.1) is 0 Å². The zero-order valence-corrected chi connectivity index (χ0v) is 17.5. The van der Waals surface area contributed by atoms with Gasteiger partial charge in [-0.1, -0.05) is 10.4 Å². The van der Waals surface area contributed by atoms with E-state index in [0.717, 1.165) is 12.6 Å². The number of carbonyl (C=O) groups excluding carboxylic acids is 1. The van der Waals surface area contributed by atoms with Crippen LogP contribution in [0.15, 0.2) is 30.7 Å². The number of hydrogen-bond acceptors (Lipinski definition) is 5. The summed E-state index contributed by atoms with van der Waals surface area (Å²) in [5.41, 5.74) is 1.29. The third-order valence-corrected chi connectivity index (χ3v) is 6.56. The number of nitrogens with one attached hydrogen (secondary N) is 1. The second kappa shape index (κ2) is 7.12. The minimum Gasteiger partial charge on any atom is -0.350 e. The van der Waals surface area contributed by atoms with Crippen LogP contribution in [0.4, 0.5) is 10.2 Å². The molecule has 12 heteroatoms. The van der Waals surface area contributed by atoms with Crippen molar-refractivity contribution >= 4 is 48.8 Å². The molecule has 2 aliphatic rings. The number of anilines is 1. The molecular weight excluding hydrogens is 403 g/mol. The first-order chi connectivity index (χ1) is 15.1. The zero-order valence-electron chi connectivity index (χ0n) is 17.5. The third kappa shape index (κ3) is 2.98. The molecule has 2 atom stereocenters. The molecule has 0 spiro atoms. The Kier molecular flexibility index (Phi) is 4.69. The fourth-order valence-electron chi connectivity index (χ4n) is 4.56. The lowest BCUT2D eigenvalue weighted by Gasteiger charge is -2.49. The fourth-order valence-corrected chi connectivity index (χ4v) is 4.56. The average Bonchev–Trinajstić information content (AvgIpc) is 3.39. The molecule has 0 aromatic carbocycles. The summed E-state index contributed by atoms with van der Waals surface area (Å²) in [6.07, 6.45) is 5.71. The highest BCUT2D eigenvalue weighted by Crippen LogP contribution is 2.45. The lowest BCUT2D eigenvalue weighted by molar-refractivity contribution is 0.0936.